The highest BCUT2D eigenvalue weighted by Gasteiger charge is 1.95. The molecule has 0 heterocycles. The quantitative estimate of drug-likeness (QED) is 0.217. The largest absolute Gasteiger partial charge is 0.411 e. The highest BCUT2D eigenvalue weighted by molar-refractivity contribution is 6.25. The molecule has 0 aliphatic rings. The lowest BCUT2D eigenvalue weighted by molar-refractivity contribution is -0.114. The van der Waals surface area contributed by atoms with Gasteiger partial charge in [-0.05, 0) is 53.0 Å². The molecule has 0 aliphatic heterocycles. The average Bonchev–Trinajstić information content (AvgIpc) is 2.36. The van der Waals surface area contributed by atoms with Crippen LogP contribution in [0.2, 0.25) is 0 Å². The zero-order chi connectivity index (χ0) is 14.3. The van der Waals surface area contributed by atoms with Crippen LogP contribution in [-0.4, -0.2) is 62.5 Å². The first kappa shape index (κ1) is 25.4. The molecular weight excluding hydrogens is 315 g/mol. The Balaban J connectivity index is -0.00000162. The van der Waals surface area contributed by atoms with E-state index in [0.717, 1.165) is 38.7 Å². The number of oxime groups is 1. The molecule has 1 amide bonds. The highest BCUT2D eigenvalue weighted by atomic mass is 35.5. The van der Waals surface area contributed by atoms with Crippen LogP contribution in [0, 0.1) is 0 Å². The van der Waals surface area contributed by atoms with Crippen LogP contribution < -0.4 is 10.6 Å². The molecule has 21 heavy (non-hydrogen) atoms. The molecule has 0 atom stereocenters. The Hall–Kier alpha value is -0.560. The van der Waals surface area contributed by atoms with Crippen LogP contribution >= 0.6 is 24.8 Å². The summed E-state index contributed by atoms with van der Waals surface area (Å²) in [5.74, 6) is -0.343. The van der Waals surface area contributed by atoms with Gasteiger partial charge < -0.3 is 20.7 Å². The van der Waals surface area contributed by atoms with Gasteiger partial charge in [0.15, 0.2) is 0 Å². The zero-order valence-electron chi connectivity index (χ0n) is 13.0. The molecule has 0 fully saturated rings. The molecule has 8 heteroatoms. The molecule has 0 aromatic rings. The van der Waals surface area contributed by atoms with Crippen molar-refractivity contribution in [2.75, 3.05) is 40.3 Å². The van der Waals surface area contributed by atoms with Crippen molar-refractivity contribution >= 4 is 36.9 Å². The predicted molar refractivity (Wildman–Crippen MR) is 92.3 cm³/mol. The first-order chi connectivity index (χ1) is 9.16. The molecule has 0 aromatic carbocycles. The maximum atomic E-state index is 10.9. The summed E-state index contributed by atoms with van der Waals surface area (Å²) in [6.45, 7) is 3.91. The summed E-state index contributed by atoms with van der Waals surface area (Å²) in [5, 5.41) is 16.9. The van der Waals surface area contributed by atoms with E-state index in [4.69, 9.17) is 5.21 Å². The maximum Gasteiger partial charge on any atom is 0.265 e. The minimum atomic E-state index is -0.343. The summed E-state index contributed by atoms with van der Waals surface area (Å²) in [4.78, 5) is 13.1. The van der Waals surface area contributed by atoms with Crippen molar-refractivity contribution in [1.82, 2.24) is 15.5 Å². The molecule has 0 bridgehead atoms. The van der Waals surface area contributed by atoms with E-state index in [2.05, 4.69) is 34.8 Å². The molecule has 0 rings (SSSR count). The first-order valence-electron chi connectivity index (χ1n) is 6.97. The van der Waals surface area contributed by atoms with E-state index >= 15 is 0 Å². The Kier molecular flexibility index (Phi) is 23.5. The minimum absolute atomic E-state index is 0. The summed E-state index contributed by atoms with van der Waals surface area (Å²) >= 11 is 0. The van der Waals surface area contributed by atoms with Crippen LogP contribution in [0.25, 0.3) is 0 Å². The smallest absolute Gasteiger partial charge is 0.265 e. The van der Waals surface area contributed by atoms with Crippen LogP contribution in [0.1, 0.15) is 32.1 Å². The fourth-order valence-corrected chi connectivity index (χ4v) is 1.68. The maximum absolute atomic E-state index is 10.9. The molecule has 0 radical (unpaired) electrons. The van der Waals surface area contributed by atoms with Gasteiger partial charge in [0.1, 0.15) is 6.21 Å². The molecule has 0 aromatic heterocycles. The summed E-state index contributed by atoms with van der Waals surface area (Å²) < 4.78 is 0. The summed E-state index contributed by atoms with van der Waals surface area (Å²) in [6, 6.07) is 0. The minimum Gasteiger partial charge on any atom is -0.411 e. The lowest BCUT2D eigenvalue weighted by Crippen LogP contribution is -2.25. The normalized spacial score (nSPS) is 10.2. The number of nitrogens with one attached hydrogen (secondary N) is 2. The second-order valence-corrected chi connectivity index (χ2v) is 4.86. The monoisotopic (exact) mass is 344 g/mol. The third-order valence-electron chi connectivity index (χ3n) is 2.71. The van der Waals surface area contributed by atoms with Crippen LogP contribution in [-0.2, 0) is 4.79 Å². The molecule has 128 valence electrons. The first-order valence-corrected chi connectivity index (χ1v) is 6.97. The third kappa shape index (κ3) is 21.9. The molecule has 0 saturated heterocycles. The van der Waals surface area contributed by atoms with Gasteiger partial charge in [0.05, 0.1) is 0 Å². The standard InChI is InChI=1S/C13H28N4O2.2ClH/c1-17(2)11-7-9-14-8-5-3-4-6-10-15-13(18)12-16-19;;/h12,14,19H,3-11H2,1-2H3,(H,15,18);2*1H. The number of hydrogen-bond acceptors (Lipinski definition) is 5. The van der Waals surface area contributed by atoms with Gasteiger partial charge in [0, 0.05) is 6.54 Å². The molecule has 0 aliphatic carbocycles. The number of rotatable bonds is 12. The van der Waals surface area contributed by atoms with Gasteiger partial charge in [0.25, 0.3) is 5.91 Å². The van der Waals surface area contributed by atoms with Crippen molar-refractivity contribution < 1.29 is 10.0 Å². The molecular formula is C13H30Cl2N4O2. The van der Waals surface area contributed by atoms with Crippen molar-refractivity contribution in [1.29, 1.82) is 0 Å². The fourth-order valence-electron chi connectivity index (χ4n) is 1.68. The zero-order valence-corrected chi connectivity index (χ0v) is 14.6. The average molecular weight is 345 g/mol. The molecule has 6 nitrogen and oxygen atoms in total. The number of halogens is 2. The predicted octanol–water partition coefficient (Wildman–Crippen LogP) is 1.51. The Morgan fingerprint density at radius 3 is 2.19 bits per heavy atom. The molecule has 3 N–H and O–H groups in total. The van der Waals surface area contributed by atoms with Gasteiger partial charge in [-0.1, -0.05) is 18.0 Å². The Labute approximate surface area is 140 Å². The molecule has 0 saturated carbocycles. The number of nitrogens with zero attached hydrogens (tertiary/aromatic N) is 2. The Morgan fingerprint density at radius 1 is 1.05 bits per heavy atom. The number of carbonyl (C=O) groups is 1. The Morgan fingerprint density at radius 2 is 1.62 bits per heavy atom. The summed E-state index contributed by atoms with van der Waals surface area (Å²) in [5.41, 5.74) is 0. The van der Waals surface area contributed by atoms with E-state index in [1.165, 1.54) is 19.3 Å². The van der Waals surface area contributed by atoms with Crippen molar-refractivity contribution in [2.45, 2.75) is 32.1 Å². The van der Waals surface area contributed by atoms with Crippen LogP contribution in [0.5, 0.6) is 0 Å². The number of unbranched alkanes of at least 4 members (excludes halogenated alkanes) is 3. The lowest BCUT2D eigenvalue weighted by atomic mass is 10.2. The SMILES string of the molecule is CN(C)CCCNCCCCCCNC(=O)C=NO.Cl.Cl. The van der Waals surface area contributed by atoms with Crippen molar-refractivity contribution in [3.05, 3.63) is 0 Å². The summed E-state index contributed by atoms with van der Waals surface area (Å²) in [6.07, 6.45) is 6.48. The Bertz CT molecular complexity index is 254. The van der Waals surface area contributed by atoms with Crippen molar-refractivity contribution in [3.8, 4) is 0 Å². The van der Waals surface area contributed by atoms with Gasteiger partial charge >= 0.3 is 0 Å². The third-order valence-corrected chi connectivity index (χ3v) is 2.71. The van der Waals surface area contributed by atoms with Crippen molar-refractivity contribution in [2.24, 2.45) is 5.16 Å². The lowest BCUT2D eigenvalue weighted by Gasteiger charge is -2.09. The van der Waals surface area contributed by atoms with Crippen LogP contribution in [0.15, 0.2) is 5.16 Å². The molecule has 0 spiro atoms. The van der Waals surface area contributed by atoms with E-state index in [1.54, 1.807) is 0 Å². The fraction of sp³-hybridized carbons (Fsp3) is 0.846. The van der Waals surface area contributed by atoms with Gasteiger partial charge in [-0.15, -0.1) is 24.8 Å². The second-order valence-electron chi connectivity index (χ2n) is 4.86. The van der Waals surface area contributed by atoms with E-state index in [0.29, 0.717) is 6.54 Å². The van der Waals surface area contributed by atoms with Gasteiger partial charge in [0.2, 0.25) is 0 Å². The number of carbonyl (C=O) groups excluding carboxylic acids is 1. The second kappa shape index (κ2) is 19.4. The summed E-state index contributed by atoms with van der Waals surface area (Å²) in [7, 11) is 4.18. The van der Waals surface area contributed by atoms with Crippen molar-refractivity contribution in [3.63, 3.8) is 0 Å². The van der Waals surface area contributed by atoms with Gasteiger partial charge in [-0.2, -0.15) is 0 Å². The number of amides is 1. The highest BCUT2D eigenvalue weighted by Crippen LogP contribution is 1.97. The van der Waals surface area contributed by atoms with E-state index in [-0.39, 0.29) is 30.7 Å². The van der Waals surface area contributed by atoms with Crippen LogP contribution in [0.3, 0.4) is 0 Å². The van der Waals surface area contributed by atoms with Gasteiger partial charge in [-0.25, -0.2) is 0 Å². The van der Waals surface area contributed by atoms with E-state index in [9.17, 15) is 4.79 Å². The van der Waals surface area contributed by atoms with Crippen LogP contribution in [0.4, 0.5) is 0 Å². The van der Waals surface area contributed by atoms with Gasteiger partial charge in [-0.3, -0.25) is 4.79 Å². The van der Waals surface area contributed by atoms with E-state index < -0.39 is 0 Å². The molecule has 0 unspecified atom stereocenters. The number of hydrogen-bond donors (Lipinski definition) is 3. The topological polar surface area (TPSA) is 77.0 Å². The van der Waals surface area contributed by atoms with E-state index in [1.807, 2.05) is 0 Å².